The van der Waals surface area contributed by atoms with Crippen molar-refractivity contribution in [1.82, 2.24) is 9.97 Å². The molecule has 0 aliphatic rings. The lowest BCUT2D eigenvalue weighted by Crippen LogP contribution is -2.03. The van der Waals surface area contributed by atoms with Gasteiger partial charge in [0.05, 0.1) is 30.6 Å². The van der Waals surface area contributed by atoms with Crippen molar-refractivity contribution in [2.24, 2.45) is 0 Å². The van der Waals surface area contributed by atoms with Gasteiger partial charge in [0, 0.05) is 6.20 Å². The van der Waals surface area contributed by atoms with E-state index in [-0.39, 0.29) is 13.0 Å². The standard InChI is InChI=1S/C7H8N2O3/c10-4-6-3-8-5(2-9-6)1-7(11)12/h2-3,10H,1,4H2,(H,11,12). The normalized spacial score (nSPS) is 9.75. The lowest BCUT2D eigenvalue weighted by Gasteiger charge is -1.96. The lowest BCUT2D eigenvalue weighted by molar-refractivity contribution is -0.136. The molecule has 0 amide bonds. The summed E-state index contributed by atoms with van der Waals surface area (Å²) in [7, 11) is 0. The maximum atomic E-state index is 10.2. The van der Waals surface area contributed by atoms with Crippen molar-refractivity contribution in [3.05, 3.63) is 23.8 Å². The SMILES string of the molecule is O=C(O)Cc1cnc(CO)cn1. The number of carbonyl (C=O) groups is 1. The zero-order valence-corrected chi connectivity index (χ0v) is 6.27. The molecule has 0 aliphatic carbocycles. The Morgan fingerprint density at radius 1 is 1.33 bits per heavy atom. The molecular weight excluding hydrogens is 160 g/mol. The highest BCUT2D eigenvalue weighted by Gasteiger charge is 2.01. The summed E-state index contributed by atoms with van der Waals surface area (Å²) < 4.78 is 0. The van der Waals surface area contributed by atoms with Crippen molar-refractivity contribution >= 4 is 5.97 Å². The van der Waals surface area contributed by atoms with Crippen molar-refractivity contribution < 1.29 is 15.0 Å². The molecule has 2 N–H and O–H groups in total. The molecule has 0 bridgehead atoms. The van der Waals surface area contributed by atoms with Gasteiger partial charge < -0.3 is 10.2 Å². The van der Waals surface area contributed by atoms with Crippen molar-refractivity contribution in [2.75, 3.05) is 0 Å². The van der Waals surface area contributed by atoms with E-state index >= 15 is 0 Å². The van der Waals surface area contributed by atoms with Gasteiger partial charge in [-0.1, -0.05) is 0 Å². The fraction of sp³-hybridized carbons (Fsp3) is 0.286. The Balaban J connectivity index is 2.71. The summed E-state index contributed by atoms with van der Waals surface area (Å²) >= 11 is 0. The molecular formula is C7H8N2O3. The number of hydrogen-bond donors (Lipinski definition) is 2. The van der Waals surface area contributed by atoms with E-state index in [9.17, 15) is 4.79 Å². The Kier molecular flexibility index (Phi) is 2.71. The molecule has 1 heterocycles. The summed E-state index contributed by atoms with van der Waals surface area (Å²) in [6.45, 7) is -0.180. The second-order valence-corrected chi connectivity index (χ2v) is 2.23. The van der Waals surface area contributed by atoms with Gasteiger partial charge in [-0.3, -0.25) is 14.8 Å². The number of aliphatic carboxylic acids is 1. The minimum atomic E-state index is -0.943. The average molecular weight is 168 g/mol. The van der Waals surface area contributed by atoms with Gasteiger partial charge in [0.15, 0.2) is 0 Å². The highest BCUT2D eigenvalue weighted by molar-refractivity contribution is 5.69. The smallest absolute Gasteiger partial charge is 0.309 e. The highest BCUT2D eigenvalue weighted by atomic mass is 16.4. The van der Waals surface area contributed by atoms with Gasteiger partial charge in [-0.05, 0) is 0 Å². The van der Waals surface area contributed by atoms with E-state index in [0.717, 1.165) is 0 Å². The summed E-state index contributed by atoms with van der Waals surface area (Å²) in [5.74, 6) is -0.943. The van der Waals surface area contributed by atoms with E-state index in [0.29, 0.717) is 11.4 Å². The molecule has 12 heavy (non-hydrogen) atoms. The quantitative estimate of drug-likeness (QED) is 0.641. The van der Waals surface area contributed by atoms with Gasteiger partial charge in [0.1, 0.15) is 0 Å². The van der Waals surface area contributed by atoms with Crippen molar-refractivity contribution in [3.8, 4) is 0 Å². The first-order chi connectivity index (χ1) is 5.72. The molecule has 0 aromatic carbocycles. The Bertz CT molecular complexity index is 270. The second-order valence-electron chi connectivity index (χ2n) is 2.23. The van der Waals surface area contributed by atoms with Crippen molar-refractivity contribution in [3.63, 3.8) is 0 Å². The molecule has 1 rings (SSSR count). The molecule has 0 aliphatic heterocycles. The molecule has 0 fully saturated rings. The topological polar surface area (TPSA) is 83.3 Å². The Morgan fingerprint density at radius 3 is 2.33 bits per heavy atom. The largest absolute Gasteiger partial charge is 0.481 e. The fourth-order valence-electron chi connectivity index (χ4n) is 0.709. The molecule has 0 unspecified atom stereocenters. The molecule has 1 aromatic heterocycles. The van der Waals surface area contributed by atoms with Crippen LogP contribution in [0.1, 0.15) is 11.4 Å². The summed E-state index contributed by atoms with van der Waals surface area (Å²) in [5, 5.41) is 17.0. The predicted molar refractivity (Wildman–Crippen MR) is 39.3 cm³/mol. The molecule has 0 atom stereocenters. The first-order valence-electron chi connectivity index (χ1n) is 3.35. The summed E-state index contributed by atoms with van der Waals surface area (Å²) in [6.07, 6.45) is 2.57. The maximum absolute atomic E-state index is 10.2. The summed E-state index contributed by atoms with van der Waals surface area (Å²) in [6, 6.07) is 0. The summed E-state index contributed by atoms with van der Waals surface area (Å²) in [5.41, 5.74) is 0.823. The van der Waals surface area contributed by atoms with Crippen LogP contribution in [0.4, 0.5) is 0 Å². The number of nitrogens with zero attached hydrogens (tertiary/aromatic N) is 2. The molecule has 64 valence electrons. The number of carboxylic acid groups (broad SMARTS) is 1. The first kappa shape index (κ1) is 8.61. The van der Waals surface area contributed by atoms with Gasteiger partial charge >= 0.3 is 5.97 Å². The molecule has 5 nitrogen and oxygen atoms in total. The van der Waals surface area contributed by atoms with E-state index in [1.165, 1.54) is 12.4 Å². The van der Waals surface area contributed by atoms with Crippen LogP contribution in [-0.2, 0) is 17.8 Å². The zero-order valence-electron chi connectivity index (χ0n) is 6.27. The van der Waals surface area contributed by atoms with E-state index in [1.54, 1.807) is 0 Å². The van der Waals surface area contributed by atoms with Gasteiger partial charge in [0.25, 0.3) is 0 Å². The van der Waals surface area contributed by atoms with Gasteiger partial charge in [-0.15, -0.1) is 0 Å². The van der Waals surface area contributed by atoms with Crippen LogP contribution in [0.5, 0.6) is 0 Å². The van der Waals surface area contributed by atoms with E-state index in [2.05, 4.69) is 9.97 Å². The third-order valence-corrected chi connectivity index (χ3v) is 1.25. The minimum absolute atomic E-state index is 0.140. The molecule has 5 heteroatoms. The number of aromatic nitrogens is 2. The van der Waals surface area contributed by atoms with Crippen molar-refractivity contribution in [2.45, 2.75) is 13.0 Å². The van der Waals surface area contributed by atoms with Gasteiger partial charge in [-0.2, -0.15) is 0 Å². The van der Waals surface area contributed by atoms with Crippen LogP contribution in [0.15, 0.2) is 12.4 Å². The molecule has 1 aromatic rings. The number of aliphatic hydroxyl groups excluding tert-OH is 1. The third-order valence-electron chi connectivity index (χ3n) is 1.25. The van der Waals surface area contributed by atoms with Crippen LogP contribution < -0.4 is 0 Å². The first-order valence-corrected chi connectivity index (χ1v) is 3.35. The fourth-order valence-corrected chi connectivity index (χ4v) is 0.709. The molecule has 0 saturated carbocycles. The maximum Gasteiger partial charge on any atom is 0.309 e. The Hall–Kier alpha value is -1.49. The number of carboxylic acids is 1. The second kappa shape index (κ2) is 3.77. The average Bonchev–Trinajstić information content (AvgIpc) is 2.05. The van der Waals surface area contributed by atoms with Crippen molar-refractivity contribution in [1.29, 1.82) is 0 Å². The Labute approximate surface area is 68.7 Å². The van der Waals surface area contributed by atoms with Gasteiger partial charge in [-0.25, -0.2) is 0 Å². The predicted octanol–water partition coefficient (Wildman–Crippen LogP) is -0.404. The number of hydrogen-bond acceptors (Lipinski definition) is 4. The van der Waals surface area contributed by atoms with Gasteiger partial charge in [0.2, 0.25) is 0 Å². The van der Waals surface area contributed by atoms with Crippen LogP contribution in [-0.4, -0.2) is 26.2 Å². The number of aliphatic hydroxyl groups is 1. The van der Waals surface area contributed by atoms with Crippen LogP contribution in [0, 0.1) is 0 Å². The minimum Gasteiger partial charge on any atom is -0.481 e. The molecule has 0 saturated heterocycles. The van der Waals surface area contributed by atoms with Crippen LogP contribution in [0.25, 0.3) is 0 Å². The number of rotatable bonds is 3. The van der Waals surface area contributed by atoms with Crippen LogP contribution in [0.3, 0.4) is 0 Å². The van der Waals surface area contributed by atoms with Crippen LogP contribution in [0.2, 0.25) is 0 Å². The van der Waals surface area contributed by atoms with E-state index in [1.807, 2.05) is 0 Å². The monoisotopic (exact) mass is 168 g/mol. The third kappa shape index (κ3) is 2.28. The van der Waals surface area contributed by atoms with E-state index < -0.39 is 5.97 Å². The molecule has 0 spiro atoms. The van der Waals surface area contributed by atoms with Crippen LogP contribution >= 0.6 is 0 Å². The lowest BCUT2D eigenvalue weighted by atomic mass is 10.3. The molecule has 0 radical (unpaired) electrons. The summed E-state index contributed by atoms with van der Waals surface area (Å²) in [4.78, 5) is 17.8. The zero-order chi connectivity index (χ0) is 8.97. The Morgan fingerprint density at radius 2 is 1.92 bits per heavy atom. The van der Waals surface area contributed by atoms with E-state index in [4.69, 9.17) is 10.2 Å². The highest BCUT2D eigenvalue weighted by Crippen LogP contribution is 1.96.